The summed E-state index contributed by atoms with van der Waals surface area (Å²) in [7, 11) is 1.29. The lowest BCUT2D eigenvalue weighted by molar-refractivity contribution is -0.148. The number of halogens is 1. The number of carbonyl (C=O) groups excluding carboxylic acids is 11. The number of carbonyl (C=O) groups is 11. The number of amides is 9. The van der Waals surface area contributed by atoms with Crippen molar-refractivity contribution in [1.82, 2.24) is 45.9 Å². The molecule has 0 bridgehead atoms. The number of aldehydes is 1. The normalized spacial score (nSPS) is 17.7. The Kier molecular flexibility index (Phi) is 17.5. The number of nitrogens with one attached hydrogen (secondary N) is 5. The van der Waals surface area contributed by atoms with Crippen LogP contribution < -0.4 is 37.0 Å². The number of esters is 1. The number of nitrogens with zero attached hydrogens (tertiary/aromatic N) is 5. The second-order valence-corrected chi connectivity index (χ2v) is 21.1. The van der Waals surface area contributed by atoms with E-state index in [9.17, 15) is 57.5 Å². The molecule has 82 heavy (non-hydrogen) atoms. The number of hydrogen-bond donors (Lipinski definition) is 5. The quantitative estimate of drug-likeness (QED) is 0.0269. The van der Waals surface area contributed by atoms with Crippen molar-refractivity contribution < 1.29 is 61.9 Å². The summed E-state index contributed by atoms with van der Waals surface area (Å²) in [6.45, 7) is 2.32. The Bertz CT molecular complexity index is 3430. The second kappa shape index (κ2) is 24.8. The maximum absolute atomic E-state index is 15.4. The van der Waals surface area contributed by atoms with Gasteiger partial charge in [0.15, 0.2) is 0 Å². The molecule has 5 aliphatic rings. The Morgan fingerprint density at radius 2 is 1.60 bits per heavy atom. The van der Waals surface area contributed by atoms with Crippen molar-refractivity contribution in [3.05, 3.63) is 104 Å². The average Bonchev–Trinajstić information content (AvgIpc) is 1.92. The van der Waals surface area contributed by atoms with E-state index in [4.69, 9.17) is 9.72 Å². The number of anilines is 1. The van der Waals surface area contributed by atoms with E-state index in [1.54, 1.807) is 35.8 Å². The number of unbranched alkanes of at least 4 members (excludes halogenated alkanes) is 2. The van der Waals surface area contributed by atoms with Crippen molar-refractivity contribution in [3.63, 3.8) is 0 Å². The number of imide groups is 1. The standard InChI is InChI=1S/C58H63FN10O13/c1-4-33-35-24-44-54-36(27-68(44)55(78)37(35)30-82-58(33)81)53-39(16-15-34-31(2)38(59)25-41(65-54)52(34)53)62-46(72)14-10-20-60-49(75)29-69-43-12-8-7-11-32(43)23-42(57(69)80)64-47(73)26-61-48(74)28-66(3)56(79)40(19-22-70)63-45(71)13-6-5-9-21-67-50(76)17-18-51(67)77/h7-8,11-12,17-18,22,24-25,33,39-40,42H,4-6,9-10,13-16,19-21,23,26-30H2,1-3H3,(H,60,75)(H,61,74)(H,62,72)(H,63,71)(H,64,73)/t33-,39+,40+,42?/m1/s1. The molecule has 5 N–H and O–H groups in total. The lowest BCUT2D eigenvalue weighted by Gasteiger charge is -2.34. The van der Waals surface area contributed by atoms with E-state index < -0.39 is 103 Å². The first-order valence-electron chi connectivity index (χ1n) is 27.5. The van der Waals surface area contributed by atoms with Crippen LogP contribution in [0.4, 0.5) is 10.1 Å². The summed E-state index contributed by atoms with van der Waals surface area (Å²) < 4.78 is 22.4. The molecule has 4 atom stereocenters. The van der Waals surface area contributed by atoms with Crippen LogP contribution in [0.2, 0.25) is 0 Å². The van der Waals surface area contributed by atoms with Crippen molar-refractivity contribution in [2.24, 2.45) is 0 Å². The van der Waals surface area contributed by atoms with E-state index in [1.807, 2.05) is 13.0 Å². The number of hydrogen-bond acceptors (Lipinski definition) is 14. The highest BCUT2D eigenvalue weighted by Gasteiger charge is 2.39. The van der Waals surface area contributed by atoms with Crippen LogP contribution in [-0.4, -0.2) is 137 Å². The molecule has 6 heterocycles. The molecule has 9 rings (SSSR count). The van der Waals surface area contributed by atoms with Gasteiger partial charge in [0.2, 0.25) is 41.4 Å². The zero-order chi connectivity index (χ0) is 58.5. The third-order valence-electron chi connectivity index (χ3n) is 15.7. The van der Waals surface area contributed by atoms with Gasteiger partial charge >= 0.3 is 5.97 Å². The van der Waals surface area contributed by atoms with Gasteiger partial charge in [-0.1, -0.05) is 31.5 Å². The molecule has 1 unspecified atom stereocenters. The Morgan fingerprint density at radius 3 is 2.35 bits per heavy atom. The third kappa shape index (κ3) is 12.1. The van der Waals surface area contributed by atoms with Crippen molar-refractivity contribution in [2.45, 2.75) is 122 Å². The fourth-order valence-electron chi connectivity index (χ4n) is 11.5. The number of likely N-dealkylation sites (N-methyl/N-ethyl adjacent to an activating group) is 1. The van der Waals surface area contributed by atoms with E-state index in [2.05, 4.69) is 26.6 Å². The maximum Gasteiger partial charge on any atom is 0.313 e. The lowest BCUT2D eigenvalue weighted by atomic mass is 9.81. The molecule has 9 amide bonds. The van der Waals surface area contributed by atoms with E-state index in [0.29, 0.717) is 89.7 Å². The van der Waals surface area contributed by atoms with Gasteiger partial charge in [-0.2, -0.15) is 0 Å². The van der Waals surface area contributed by atoms with Crippen LogP contribution in [0.1, 0.15) is 116 Å². The number of benzene rings is 2. The molecule has 0 saturated heterocycles. The average molecular weight is 1130 g/mol. The van der Waals surface area contributed by atoms with Gasteiger partial charge in [-0.05, 0) is 85.4 Å². The summed E-state index contributed by atoms with van der Waals surface area (Å²) in [6.07, 6.45) is 5.50. The highest BCUT2D eigenvalue weighted by Crippen LogP contribution is 2.45. The molecule has 2 aromatic heterocycles. The number of pyridine rings is 2. The van der Waals surface area contributed by atoms with Gasteiger partial charge in [-0.15, -0.1) is 0 Å². The molecule has 0 spiro atoms. The largest absolute Gasteiger partial charge is 0.460 e. The van der Waals surface area contributed by atoms with Gasteiger partial charge in [0.1, 0.15) is 37.3 Å². The minimum absolute atomic E-state index is 0.00364. The number of rotatable bonds is 23. The lowest BCUT2D eigenvalue weighted by Crippen LogP contribution is -2.56. The fourth-order valence-corrected chi connectivity index (χ4v) is 11.5. The van der Waals surface area contributed by atoms with Gasteiger partial charge in [-0.25, -0.2) is 9.37 Å². The summed E-state index contributed by atoms with van der Waals surface area (Å²) in [5, 5.41) is 14.2. The molecule has 4 aromatic rings. The van der Waals surface area contributed by atoms with Crippen LogP contribution in [0.3, 0.4) is 0 Å². The molecule has 1 aliphatic carbocycles. The summed E-state index contributed by atoms with van der Waals surface area (Å²) in [6, 6.07) is 7.18. The summed E-state index contributed by atoms with van der Waals surface area (Å²) in [5.41, 5.74) is 5.99. The Morgan fingerprint density at radius 1 is 0.854 bits per heavy atom. The van der Waals surface area contributed by atoms with Gasteiger partial charge in [0, 0.05) is 80.7 Å². The topological polar surface area (TPSA) is 302 Å². The summed E-state index contributed by atoms with van der Waals surface area (Å²) in [4.78, 5) is 163. The van der Waals surface area contributed by atoms with E-state index in [0.717, 1.165) is 31.9 Å². The van der Waals surface area contributed by atoms with E-state index in [1.165, 1.54) is 30.2 Å². The van der Waals surface area contributed by atoms with E-state index in [-0.39, 0.29) is 69.8 Å². The number of para-hydroxylation sites is 1. The van der Waals surface area contributed by atoms with Gasteiger partial charge in [0.05, 0.1) is 54.1 Å². The van der Waals surface area contributed by atoms with Crippen LogP contribution in [-0.2, 0) is 83.5 Å². The molecule has 0 saturated carbocycles. The first kappa shape index (κ1) is 57.7. The highest BCUT2D eigenvalue weighted by atomic mass is 19.1. The van der Waals surface area contributed by atoms with Crippen LogP contribution in [0.5, 0.6) is 0 Å². The van der Waals surface area contributed by atoms with Crippen LogP contribution in [0.25, 0.3) is 22.3 Å². The second-order valence-electron chi connectivity index (χ2n) is 21.1. The first-order valence-corrected chi connectivity index (χ1v) is 27.5. The monoisotopic (exact) mass is 1130 g/mol. The molecule has 0 fully saturated rings. The van der Waals surface area contributed by atoms with Gasteiger partial charge < -0.3 is 50.5 Å². The molecule has 4 aliphatic heterocycles. The molecule has 23 nitrogen and oxygen atoms in total. The van der Waals surface area contributed by atoms with Crippen LogP contribution in [0, 0.1) is 12.7 Å². The highest BCUT2D eigenvalue weighted by molar-refractivity contribution is 6.13. The zero-order valence-corrected chi connectivity index (χ0v) is 45.7. The fraction of sp³-hybridized carbons (Fsp3) is 0.431. The summed E-state index contributed by atoms with van der Waals surface area (Å²) >= 11 is 0. The van der Waals surface area contributed by atoms with Crippen molar-refractivity contribution in [2.75, 3.05) is 44.7 Å². The molecular weight excluding hydrogens is 1060 g/mol. The number of aromatic nitrogens is 2. The maximum atomic E-state index is 15.4. The first-order chi connectivity index (χ1) is 39.4. The van der Waals surface area contributed by atoms with Crippen molar-refractivity contribution >= 4 is 82.0 Å². The number of ether oxygens (including phenoxy) is 1. The Hall–Kier alpha value is -8.96. The third-order valence-corrected chi connectivity index (χ3v) is 15.7. The smallest absolute Gasteiger partial charge is 0.313 e. The number of cyclic esters (lactones) is 1. The molecule has 2 aromatic carbocycles. The predicted octanol–water partition coefficient (Wildman–Crippen LogP) is 1.63. The zero-order valence-electron chi connectivity index (χ0n) is 45.7. The van der Waals surface area contributed by atoms with Crippen molar-refractivity contribution in [3.8, 4) is 11.4 Å². The van der Waals surface area contributed by atoms with Gasteiger partial charge in [0.25, 0.3) is 17.4 Å². The molecular formula is C58H63FN10O13. The van der Waals surface area contributed by atoms with Crippen molar-refractivity contribution in [1.29, 1.82) is 0 Å². The Labute approximate surface area is 469 Å². The summed E-state index contributed by atoms with van der Waals surface area (Å²) in [5.74, 6) is -6.38. The molecule has 24 heteroatoms. The minimum atomic E-state index is -1.26. The van der Waals surface area contributed by atoms with Crippen LogP contribution in [0.15, 0.2) is 53.3 Å². The molecule has 430 valence electrons. The van der Waals surface area contributed by atoms with E-state index >= 15 is 4.39 Å². The predicted molar refractivity (Wildman–Crippen MR) is 292 cm³/mol. The van der Waals surface area contributed by atoms with Gasteiger partial charge in [-0.3, -0.25) is 57.6 Å². The number of fused-ring (bicyclic) bond motifs is 6. The number of aryl methyl sites for hydroxylation is 1. The molecule has 0 radical (unpaired) electrons. The minimum Gasteiger partial charge on any atom is -0.460 e. The van der Waals surface area contributed by atoms with Crippen LogP contribution >= 0.6 is 0 Å². The SMILES string of the molecule is CC[C@H]1C(=O)OCc2c1cc1n(c2=O)Cc2c-1nc1cc(F)c(C)c3c1c2[C@@H](NC(=O)CCCNC(=O)CN1C(=O)C(NC(=O)CNC(=O)CN(C)C(=O)[C@H](CC=O)NC(=O)CCCCCN2C(=O)C=CC2=O)Cc2ccccc21)CC3. The Balaban J connectivity index is 0.746.